The summed E-state index contributed by atoms with van der Waals surface area (Å²) in [5, 5.41) is 0. The van der Waals surface area contributed by atoms with Crippen molar-refractivity contribution in [3.63, 3.8) is 0 Å². The molecule has 15 heavy (non-hydrogen) atoms. The molecule has 4 nitrogen and oxygen atoms in total. The van der Waals surface area contributed by atoms with Crippen LogP contribution in [0.5, 0.6) is 0 Å². The minimum atomic E-state index is -0.447. The van der Waals surface area contributed by atoms with Crippen LogP contribution in [0.4, 0.5) is 0 Å². The summed E-state index contributed by atoms with van der Waals surface area (Å²) in [4.78, 5) is 18.2. The van der Waals surface area contributed by atoms with Crippen LogP contribution in [-0.4, -0.2) is 15.9 Å². The predicted molar refractivity (Wildman–Crippen MR) is 60.7 cm³/mol. The first-order valence-electron chi connectivity index (χ1n) is 4.93. The molecule has 0 aliphatic rings. The highest BCUT2D eigenvalue weighted by molar-refractivity contribution is 6.03. The molecule has 0 spiro atoms. The van der Waals surface area contributed by atoms with Crippen LogP contribution in [-0.2, 0) is 0 Å². The highest BCUT2D eigenvalue weighted by Gasteiger charge is 2.08. The quantitative estimate of drug-likeness (QED) is 0.747. The van der Waals surface area contributed by atoms with E-state index in [9.17, 15) is 4.79 Å². The van der Waals surface area contributed by atoms with Crippen LogP contribution in [0.1, 0.15) is 30.0 Å². The number of rotatable bonds is 1. The molecule has 2 aromatic rings. The molecule has 0 aliphatic carbocycles. The highest BCUT2D eigenvalue weighted by Crippen LogP contribution is 2.15. The minimum absolute atomic E-state index is 0.447. The number of nitrogens with two attached hydrogens (primary N) is 1. The number of aryl methyl sites for hydroxylation is 1. The van der Waals surface area contributed by atoms with Crippen LogP contribution in [0.25, 0.3) is 11.0 Å². The van der Waals surface area contributed by atoms with Crippen molar-refractivity contribution in [3.05, 3.63) is 29.6 Å². The predicted octanol–water partition coefficient (Wildman–Crippen LogP) is 2.00. The fraction of sp³-hybridized carbons (Fsp3) is 0.273. The van der Waals surface area contributed by atoms with Crippen LogP contribution >= 0.6 is 0 Å². The van der Waals surface area contributed by atoms with Crippen molar-refractivity contribution in [2.75, 3.05) is 0 Å². The van der Waals surface area contributed by atoms with Crippen LogP contribution < -0.4 is 5.73 Å². The minimum Gasteiger partial charge on any atom is -0.366 e. The molecule has 0 atom stereocenters. The van der Waals surface area contributed by atoms with Gasteiger partial charge in [0.15, 0.2) is 0 Å². The number of para-hydroxylation sites is 1. The van der Waals surface area contributed by atoms with E-state index < -0.39 is 5.91 Å². The van der Waals surface area contributed by atoms with E-state index in [1.54, 1.807) is 12.1 Å². The summed E-state index contributed by atoms with van der Waals surface area (Å²) in [7, 11) is 0. The maximum absolute atomic E-state index is 11.0. The second kappa shape index (κ2) is 4.59. The summed E-state index contributed by atoms with van der Waals surface area (Å²) in [6.45, 7) is 5.84. The van der Waals surface area contributed by atoms with Crippen molar-refractivity contribution >= 4 is 16.9 Å². The van der Waals surface area contributed by atoms with Crippen LogP contribution in [0.3, 0.4) is 0 Å². The van der Waals surface area contributed by atoms with Gasteiger partial charge in [0.2, 0.25) is 0 Å². The number of primary amides is 1. The standard InChI is InChI=1S/C9H9N3O.C2H6/c1-5-11-7-4-2-3-6(9(10)13)8(7)12-5;1-2/h2-4H,1H3,(H2,10,13)(H,11,12);1-2H3. The molecule has 0 unspecified atom stereocenters. The number of carbonyl (C=O) groups excluding carboxylic acids is 1. The fourth-order valence-corrected chi connectivity index (χ4v) is 1.35. The Kier molecular flexibility index (Phi) is 3.44. The zero-order valence-electron chi connectivity index (χ0n) is 9.16. The molecule has 80 valence electrons. The second-order valence-corrected chi connectivity index (χ2v) is 2.89. The van der Waals surface area contributed by atoms with Gasteiger partial charge in [0.1, 0.15) is 11.3 Å². The first kappa shape index (κ1) is 11.2. The van der Waals surface area contributed by atoms with E-state index in [-0.39, 0.29) is 0 Å². The molecule has 0 fully saturated rings. The number of H-pyrrole nitrogens is 1. The number of benzene rings is 1. The average molecular weight is 205 g/mol. The monoisotopic (exact) mass is 205 g/mol. The highest BCUT2D eigenvalue weighted by atomic mass is 16.1. The van der Waals surface area contributed by atoms with E-state index >= 15 is 0 Å². The molecule has 3 N–H and O–H groups in total. The lowest BCUT2D eigenvalue weighted by atomic mass is 10.2. The van der Waals surface area contributed by atoms with Gasteiger partial charge in [-0.05, 0) is 19.1 Å². The number of hydrogen-bond acceptors (Lipinski definition) is 2. The third kappa shape index (κ3) is 2.15. The van der Waals surface area contributed by atoms with Gasteiger partial charge in [0.25, 0.3) is 5.91 Å². The average Bonchev–Trinajstić information content (AvgIpc) is 2.60. The Morgan fingerprint density at radius 3 is 2.67 bits per heavy atom. The molecule has 4 heteroatoms. The zero-order chi connectivity index (χ0) is 11.4. The van der Waals surface area contributed by atoms with Gasteiger partial charge in [0, 0.05) is 0 Å². The molecule has 2 rings (SSSR count). The summed E-state index contributed by atoms with van der Waals surface area (Å²) in [5.74, 6) is 0.334. The number of imidazole rings is 1. The maximum Gasteiger partial charge on any atom is 0.250 e. The summed E-state index contributed by atoms with van der Waals surface area (Å²) in [5.41, 5.74) is 7.14. The lowest BCUT2D eigenvalue weighted by Gasteiger charge is -1.94. The molecule has 1 amide bonds. The van der Waals surface area contributed by atoms with Gasteiger partial charge in [-0.15, -0.1) is 0 Å². The SMILES string of the molecule is CC.Cc1nc2c(C(N)=O)cccc2[nH]1. The molecule has 1 aromatic carbocycles. The van der Waals surface area contributed by atoms with Crippen molar-refractivity contribution in [3.8, 4) is 0 Å². The van der Waals surface area contributed by atoms with Crippen LogP contribution in [0.2, 0.25) is 0 Å². The third-order valence-electron chi connectivity index (χ3n) is 1.90. The normalized spacial score (nSPS) is 9.53. The largest absolute Gasteiger partial charge is 0.366 e. The Morgan fingerprint density at radius 2 is 2.07 bits per heavy atom. The van der Waals surface area contributed by atoms with Gasteiger partial charge < -0.3 is 10.7 Å². The first-order valence-corrected chi connectivity index (χ1v) is 4.93. The van der Waals surface area contributed by atoms with Gasteiger partial charge in [-0.3, -0.25) is 4.79 Å². The molecule has 0 radical (unpaired) electrons. The number of aromatic amines is 1. The molecular weight excluding hydrogens is 190 g/mol. The Balaban J connectivity index is 0.000000531. The fourth-order valence-electron chi connectivity index (χ4n) is 1.35. The molecule has 0 aliphatic heterocycles. The lowest BCUT2D eigenvalue weighted by molar-refractivity contribution is 0.100. The Bertz CT molecular complexity index is 474. The number of carbonyl (C=O) groups is 1. The number of amides is 1. The van der Waals surface area contributed by atoms with E-state index in [4.69, 9.17) is 5.73 Å². The Morgan fingerprint density at radius 1 is 1.40 bits per heavy atom. The van der Waals surface area contributed by atoms with E-state index in [0.29, 0.717) is 11.1 Å². The van der Waals surface area contributed by atoms with E-state index in [1.165, 1.54) is 0 Å². The van der Waals surface area contributed by atoms with Crippen molar-refractivity contribution in [2.24, 2.45) is 5.73 Å². The Labute approximate surface area is 88.5 Å². The topological polar surface area (TPSA) is 71.8 Å². The Hall–Kier alpha value is -1.84. The first-order chi connectivity index (χ1) is 7.18. The summed E-state index contributed by atoms with van der Waals surface area (Å²) in [6, 6.07) is 5.31. The number of aromatic nitrogens is 2. The zero-order valence-corrected chi connectivity index (χ0v) is 9.16. The van der Waals surface area contributed by atoms with Crippen molar-refractivity contribution in [1.29, 1.82) is 0 Å². The molecule has 1 aromatic heterocycles. The maximum atomic E-state index is 11.0. The smallest absolute Gasteiger partial charge is 0.250 e. The van der Waals surface area contributed by atoms with E-state index in [1.807, 2.05) is 26.8 Å². The molecular formula is C11H15N3O. The molecule has 0 bridgehead atoms. The van der Waals surface area contributed by atoms with Crippen molar-refractivity contribution in [2.45, 2.75) is 20.8 Å². The molecule has 0 saturated carbocycles. The summed E-state index contributed by atoms with van der Waals surface area (Å²) >= 11 is 0. The molecule has 0 saturated heterocycles. The van der Waals surface area contributed by atoms with Crippen LogP contribution in [0.15, 0.2) is 18.2 Å². The van der Waals surface area contributed by atoms with Gasteiger partial charge in [-0.1, -0.05) is 19.9 Å². The third-order valence-corrected chi connectivity index (χ3v) is 1.90. The number of nitrogens with one attached hydrogen (secondary N) is 1. The summed E-state index contributed by atoms with van der Waals surface area (Å²) in [6.07, 6.45) is 0. The van der Waals surface area contributed by atoms with Gasteiger partial charge >= 0.3 is 0 Å². The van der Waals surface area contributed by atoms with Gasteiger partial charge in [0.05, 0.1) is 11.1 Å². The lowest BCUT2D eigenvalue weighted by Crippen LogP contribution is -2.11. The number of fused-ring (bicyclic) bond motifs is 1. The second-order valence-electron chi connectivity index (χ2n) is 2.89. The number of hydrogen-bond donors (Lipinski definition) is 2. The van der Waals surface area contributed by atoms with Crippen LogP contribution in [0, 0.1) is 6.92 Å². The van der Waals surface area contributed by atoms with Crippen molar-refractivity contribution < 1.29 is 4.79 Å². The van der Waals surface area contributed by atoms with Crippen molar-refractivity contribution in [1.82, 2.24) is 9.97 Å². The van der Waals surface area contributed by atoms with E-state index in [0.717, 1.165) is 11.3 Å². The van der Waals surface area contributed by atoms with E-state index in [2.05, 4.69) is 9.97 Å². The van der Waals surface area contributed by atoms with Gasteiger partial charge in [-0.25, -0.2) is 4.98 Å². The molecule has 1 heterocycles. The van der Waals surface area contributed by atoms with Gasteiger partial charge in [-0.2, -0.15) is 0 Å². The summed E-state index contributed by atoms with van der Waals surface area (Å²) < 4.78 is 0. The number of nitrogens with zero attached hydrogens (tertiary/aromatic N) is 1.